The molecule has 8 heteroatoms. The van der Waals surface area contributed by atoms with Crippen LogP contribution in [-0.4, -0.2) is 8.42 Å². The van der Waals surface area contributed by atoms with Crippen molar-refractivity contribution in [3.05, 3.63) is 43.5 Å². The van der Waals surface area contributed by atoms with E-state index in [9.17, 15) is 8.42 Å². The molecular weight excluding hydrogens is 428 g/mol. The fraction of sp³-hybridized carbons (Fsp3) is 0.167. The summed E-state index contributed by atoms with van der Waals surface area (Å²) in [4.78, 5) is 1.00. The molecule has 2 rings (SSSR count). The molecule has 108 valence electrons. The standard InChI is InChI=1S/C12H12Br2N2O2S2/c1-7(11-3-2-4-19-11)16-20(17,18)12-9(14)5-8(13)6-10(12)15/h2-7,16H,15H2,1H3. The summed E-state index contributed by atoms with van der Waals surface area (Å²) in [6.45, 7) is 1.80. The SMILES string of the molecule is CC(NS(=O)(=O)c1c(N)cc(Br)cc1Br)c1cccs1. The quantitative estimate of drug-likeness (QED) is 0.709. The molecule has 0 spiro atoms. The van der Waals surface area contributed by atoms with Crippen molar-refractivity contribution in [2.45, 2.75) is 17.9 Å². The fourth-order valence-electron chi connectivity index (χ4n) is 1.75. The van der Waals surface area contributed by atoms with Crippen molar-refractivity contribution < 1.29 is 8.42 Å². The first-order valence-electron chi connectivity index (χ1n) is 5.61. The summed E-state index contributed by atoms with van der Waals surface area (Å²) in [6.07, 6.45) is 0. The molecule has 1 aromatic heterocycles. The Morgan fingerprint density at radius 3 is 2.60 bits per heavy atom. The first-order chi connectivity index (χ1) is 9.31. The molecule has 1 atom stereocenters. The molecule has 0 fully saturated rings. The largest absolute Gasteiger partial charge is 0.398 e. The van der Waals surface area contributed by atoms with E-state index in [0.29, 0.717) is 8.95 Å². The van der Waals surface area contributed by atoms with Gasteiger partial charge in [-0.05, 0) is 46.4 Å². The second-order valence-corrected chi connectivity index (χ2v) is 8.56. The highest BCUT2D eigenvalue weighted by Crippen LogP contribution is 2.32. The van der Waals surface area contributed by atoms with Gasteiger partial charge in [0.05, 0.1) is 11.7 Å². The number of benzene rings is 1. The van der Waals surface area contributed by atoms with Gasteiger partial charge in [0, 0.05) is 13.8 Å². The second-order valence-electron chi connectivity index (χ2n) is 4.16. The molecule has 0 saturated carbocycles. The predicted molar refractivity (Wildman–Crippen MR) is 89.3 cm³/mol. The van der Waals surface area contributed by atoms with E-state index in [-0.39, 0.29) is 16.6 Å². The van der Waals surface area contributed by atoms with Crippen LogP contribution in [0.5, 0.6) is 0 Å². The van der Waals surface area contributed by atoms with E-state index in [4.69, 9.17) is 5.73 Å². The summed E-state index contributed by atoms with van der Waals surface area (Å²) < 4.78 is 28.7. The van der Waals surface area contributed by atoms with Gasteiger partial charge in [0.1, 0.15) is 4.90 Å². The zero-order valence-corrected chi connectivity index (χ0v) is 15.2. The molecule has 0 aliphatic rings. The minimum atomic E-state index is -3.70. The first-order valence-corrected chi connectivity index (χ1v) is 9.56. The second kappa shape index (κ2) is 6.15. The van der Waals surface area contributed by atoms with Gasteiger partial charge in [0.15, 0.2) is 0 Å². The summed E-state index contributed by atoms with van der Waals surface area (Å²) in [7, 11) is -3.70. The minimum absolute atomic E-state index is 0.0594. The molecule has 0 aliphatic carbocycles. The third-order valence-corrected chi connectivity index (χ3v) is 6.67. The van der Waals surface area contributed by atoms with E-state index in [0.717, 1.165) is 4.88 Å². The lowest BCUT2D eigenvalue weighted by molar-refractivity contribution is 0.568. The first kappa shape index (κ1) is 16.0. The van der Waals surface area contributed by atoms with Gasteiger partial charge in [-0.25, -0.2) is 13.1 Å². The van der Waals surface area contributed by atoms with Crippen LogP contribution in [0.3, 0.4) is 0 Å². The lowest BCUT2D eigenvalue weighted by Gasteiger charge is -2.15. The molecule has 2 aromatic rings. The normalized spacial score (nSPS) is 13.3. The van der Waals surface area contributed by atoms with Crippen molar-refractivity contribution in [2.75, 3.05) is 5.73 Å². The van der Waals surface area contributed by atoms with E-state index in [2.05, 4.69) is 36.6 Å². The van der Waals surface area contributed by atoms with Gasteiger partial charge >= 0.3 is 0 Å². The number of nitrogens with two attached hydrogens (primary N) is 1. The monoisotopic (exact) mass is 438 g/mol. The molecular formula is C12H12Br2N2O2S2. The van der Waals surface area contributed by atoms with Crippen LogP contribution in [0.2, 0.25) is 0 Å². The van der Waals surface area contributed by atoms with Crippen LogP contribution in [0.25, 0.3) is 0 Å². The van der Waals surface area contributed by atoms with Gasteiger partial charge in [0.25, 0.3) is 0 Å². The van der Waals surface area contributed by atoms with Crippen molar-refractivity contribution in [1.29, 1.82) is 0 Å². The molecule has 1 unspecified atom stereocenters. The maximum absolute atomic E-state index is 12.5. The van der Waals surface area contributed by atoms with E-state index in [1.165, 1.54) is 11.3 Å². The molecule has 20 heavy (non-hydrogen) atoms. The van der Waals surface area contributed by atoms with Gasteiger partial charge in [-0.2, -0.15) is 0 Å². The van der Waals surface area contributed by atoms with Crippen molar-refractivity contribution >= 4 is 58.9 Å². The molecule has 1 heterocycles. The number of hydrogen-bond acceptors (Lipinski definition) is 4. The molecule has 0 saturated heterocycles. The number of nitrogen functional groups attached to an aromatic ring is 1. The van der Waals surface area contributed by atoms with Crippen molar-refractivity contribution in [2.24, 2.45) is 0 Å². The predicted octanol–water partition coefficient (Wildman–Crippen LogP) is 3.89. The van der Waals surface area contributed by atoms with E-state index in [1.54, 1.807) is 19.1 Å². The molecule has 0 amide bonds. The minimum Gasteiger partial charge on any atom is -0.398 e. The Morgan fingerprint density at radius 1 is 1.35 bits per heavy atom. The maximum Gasteiger partial charge on any atom is 0.244 e. The number of sulfonamides is 1. The van der Waals surface area contributed by atoms with E-state index >= 15 is 0 Å². The van der Waals surface area contributed by atoms with E-state index < -0.39 is 10.0 Å². The zero-order valence-electron chi connectivity index (χ0n) is 10.4. The number of hydrogen-bond donors (Lipinski definition) is 2. The molecule has 1 aromatic carbocycles. The molecule has 0 radical (unpaired) electrons. The average Bonchev–Trinajstić information content (AvgIpc) is 2.78. The summed E-state index contributed by atoms with van der Waals surface area (Å²) in [6, 6.07) is 6.68. The Morgan fingerprint density at radius 2 is 2.05 bits per heavy atom. The van der Waals surface area contributed by atoms with Crippen molar-refractivity contribution in [3.8, 4) is 0 Å². The number of rotatable bonds is 4. The third kappa shape index (κ3) is 3.43. The molecule has 0 bridgehead atoms. The molecule has 4 nitrogen and oxygen atoms in total. The Hall–Kier alpha value is -0.410. The zero-order chi connectivity index (χ0) is 14.9. The van der Waals surface area contributed by atoms with Crippen LogP contribution in [-0.2, 0) is 10.0 Å². The van der Waals surface area contributed by atoms with E-state index in [1.807, 2.05) is 17.5 Å². The van der Waals surface area contributed by atoms with Crippen LogP contribution in [0.4, 0.5) is 5.69 Å². The van der Waals surface area contributed by atoms with Crippen LogP contribution in [0.15, 0.2) is 43.5 Å². The van der Waals surface area contributed by atoms with Gasteiger partial charge < -0.3 is 5.73 Å². The Labute approximate surface area is 138 Å². The number of nitrogens with one attached hydrogen (secondary N) is 1. The summed E-state index contributed by atoms with van der Waals surface area (Å²) in [5.74, 6) is 0. The van der Waals surface area contributed by atoms with Crippen LogP contribution in [0.1, 0.15) is 17.8 Å². The van der Waals surface area contributed by atoms with Gasteiger partial charge in [0.2, 0.25) is 10.0 Å². The van der Waals surface area contributed by atoms with Crippen LogP contribution in [0, 0.1) is 0 Å². The fourth-order valence-corrected chi connectivity index (χ4v) is 5.85. The molecule has 3 N–H and O–H groups in total. The van der Waals surface area contributed by atoms with Crippen molar-refractivity contribution in [1.82, 2.24) is 4.72 Å². The highest BCUT2D eigenvalue weighted by molar-refractivity contribution is 9.11. The Kier molecular flexibility index (Phi) is 4.91. The summed E-state index contributed by atoms with van der Waals surface area (Å²) in [5.41, 5.74) is 6.02. The smallest absolute Gasteiger partial charge is 0.244 e. The lowest BCUT2D eigenvalue weighted by atomic mass is 10.3. The van der Waals surface area contributed by atoms with Gasteiger partial charge in [-0.1, -0.05) is 22.0 Å². The summed E-state index contributed by atoms with van der Waals surface area (Å²) in [5, 5.41) is 1.91. The highest BCUT2D eigenvalue weighted by Gasteiger charge is 2.24. The molecule has 0 aliphatic heterocycles. The number of anilines is 1. The summed E-state index contributed by atoms with van der Waals surface area (Å²) >= 11 is 8.02. The van der Waals surface area contributed by atoms with Crippen molar-refractivity contribution in [3.63, 3.8) is 0 Å². The highest BCUT2D eigenvalue weighted by atomic mass is 79.9. The Bertz CT molecular complexity index is 692. The third-order valence-electron chi connectivity index (χ3n) is 2.61. The maximum atomic E-state index is 12.5. The lowest BCUT2D eigenvalue weighted by Crippen LogP contribution is -2.27. The van der Waals surface area contributed by atoms with Crippen LogP contribution < -0.4 is 10.5 Å². The van der Waals surface area contributed by atoms with Gasteiger partial charge in [-0.3, -0.25) is 0 Å². The number of thiophene rings is 1. The number of halogens is 2. The average molecular weight is 440 g/mol. The Balaban J connectivity index is 2.37. The topological polar surface area (TPSA) is 72.2 Å². The van der Waals surface area contributed by atoms with Crippen LogP contribution >= 0.6 is 43.2 Å². The van der Waals surface area contributed by atoms with Gasteiger partial charge in [-0.15, -0.1) is 11.3 Å².